The van der Waals surface area contributed by atoms with Crippen molar-refractivity contribution in [3.8, 4) is 5.75 Å². The monoisotopic (exact) mass is 405 g/mol. The molecule has 0 aromatic heterocycles. The maximum Gasteiger partial charge on any atom is 0.119 e. The van der Waals surface area contributed by atoms with E-state index in [-0.39, 0.29) is 0 Å². The van der Waals surface area contributed by atoms with Gasteiger partial charge in [-0.15, -0.1) is 11.6 Å². The lowest BCUT2D eigenvalue weighted by molar-refractivity contribution is 0.315. The highest BCUT2D eigenvalue weighted by atomic mass is 35.5. The molecule has 150 valence electrons. The summed E-state index contributed by atoms with van der Waals surface area (Å²) in [6.45, 7) is 4.56. The predicted octanol–water partition coefficient (Wildman–Crippen LogP) is 6.26. The lowest BCUT2D eigenvalue weighted by Gasteiger charge is -2.17. The molecule has 0 amide bonds. The number of likely N-dealkylation sites (N-methyl/N-ethyl adjacent to an activating group) is 1. The highest BCUT2D eigenvalue weighted by molar-refractivity contribution is 6.18. The van der Waals surface area contributed by atoms with Gasteiger partial charge in [-0.2, -0.15) is 0 Å². The molecule has 0 saturated carbocycles. The lowest BCUT2D eigenvalue weighted by Crippen LogP contribution is -2.20. The van der Waals surface area contributed by atoms with Crippen molar-refractivity contribution in [2.24, 2.45) is 0 Å². The highest BCUT2D eigenvalue weighted by Crippen LogP contribution is 2.35. The van der Waals surface area contributed by atoms with Gasteiger partial charge in [0.25, 0.3) is 0 Å². The first-order valence-corrected chi connectivity index (χ1v) is 10.7. The van der Waals surface area contributed by atoms with Crippen molar-refractivity contribution in [3.63, 3.8) is 0 Å². The maximum atomic E-state index is 6.21. The van der Waals surface area contributed by atoms with E-state index in [0.717, 1.165) is 25.3 Å². The summed E-state index contributed by atoms with van der Waals surface area (Å²) < 4.78 is 5.84. The van der Waals surface area contributed by atoms with E-state index in [1.807, 2.05) is 24.3 Å². The van der Waals surface area contributed by atoms with Crippen molar-refractivity contribution in [1.29, 1.82) is 0 Å². The van der Waals surface area contributed by atoms with Gasteiger partial charge in [0.2, 0.25) is 0 Å². The number of nitrogens with one attached hydrogen (secondary N) is 1. The Morgan fingerprint density at radius 3 is 1.97 bits per heavy atom. The van der Waals surface area contributed by atoms with Gasteiger partial charge in [0.1, 0.15) is 12.4 Å². The van der Waals surface area contributed by atoms with E-state index in [1.165, 1.54) is 27.8 Å². The summed E-state index contributed by atoms with van der Waals surface area (Å²) in [4.78, 5) is 0. The third-order valence-corrected chi connectivity index (χ3v) is 4.96. The van der Waals surface area contributed by atoms with Crippen LogP contribution in [0.1, 0.15) is 30.0 Å². The Hall–Kier alpha value is -2.55. The zero-order valence-electron chi connectivity index (χ0n) is 16.9. The lowest BCUT2D eigenvalue weighted by atomic mass is 9.88. The van der Waals surface area contributed by atoms with Crippen LogP contribution in [0.3, 0.4) is 0 Å². The minimum absolute atomic E-state index is 0.576. The van der Waals surface area contributed by atoms with Crippen molar-refractivity contribution in [2.45, 2.75) is 13.3 Å². The molecule has 3 heteroatoms. The second kappa shape index (κ2) is 11.5. The molecule has 0 spiro atoms. The first-order chi connectivity index (χ1) is 14.3. The molecule has 3 aromatic carbocycles. The van der Waals surface area contributed by atoms with Crippen molar-refractivity contribution >= 4 is 22.7 Å². The fourth-order valence-electron chi connectivity index (χ4n) is 3.40. The number of benzene rings is 3. The molecule has 3 rings (SSSR count). The van der Waals surface area contributed by atoms with Crippen molar-refractivity contribution < 1.29 is 4.74 Å². The van der Waals surface area contributed by atoms with Crippen LogP contribution in [-0.4, -0.2) is 25.6 Å². The number of ether oxygens (including phenoxy) is 1. The molecule has 0 radical (unpaired) electrons. The maximum absolute atomic E-state index is 6.21. The Kier molecular flexibility index (Phi) is 8.36. The van der Waals surface area contributed by atoms with Crippen LogP contribution in [0.5, 0.6) is 5.75 Å². The van der Waals surface area contributed by atoms with E-state index >= 15 is 0 Å². The molecule has 0 atom stereocenters. The number of halogens is 1. The molecule has 0 bridgehead atoms. The van der Waals surface area contributed by atoms with E-state index in [4.69, 9.17) is 16.3 Å². The Morgan fingerprint density at radius 1 is 0.793 bits per heavy atom. The number of allylic oxidation sites excluding steroid dienone is 1. The second-order valence-electron chi connectivity index (χ2n) is 6.75. The SMILES string of the molecule is CCNCCOc1ccc(/C(=C(\CCCl)c2ccccc2)c2ccccc2)cc1. The first kappa shape index (κ1) is 21.2. The Morgan fingerprint density at radius 2 is 1.38 bits per heavy atom. The average Bonchev–Trinajstić information content (AvgIpc) is 2.79. The van der Waals surface area contributed by atoms with Crippen LogP contribution in [0.15, 0.2) is 84.9 Å². The summed E-state index contributed by atoms with van der Waals surface area (Å²) in [7, 11) is 0. The largest absolute Gasteiger partial charge is 0.492 e. The zero-order valence-corrected chi connectivity index (χ0v) is 17.7. The number of rotatable bonds is 10. The fourth-order valence-corrected chi connectivity index (χ4v) is 3.59. The predicted molar refractivity (Wildman–Crippen MR) is 125 cm³/mol. The molecular weight excluding hydrogens is 378 g/mol. The quantitative estimate of drug-likeness (QED) is 0.244. The third kappa shape index (κ3) is 5.96. The topological polar surface area (TPSA) is 21.3 Å². The van der Waals surface area contributed by atoms with Crippen LogP contribution < -0.4 is 10.1 Å². The Labute approximate surface area is 179 Å². The minimum atomic E-state index is 0.576. The molecule has 0 aliphatic carbocycles. The van der Waals surface area contributed by atoms with E-state index in [9.17, 15) is 0 Å². The van der Waals surface area contributed by atoms with Crippen LogP contribution in [0.25, 0.3) is 11.1 Å². The van der Waals surface area contributed by atoms with Crippen molar-refractivity contribution in [2.75, 3.05) is 25.6 Å². The molecule has 0 unspecified atom stereocenters. The van der Waals surface area contributed by atoms with Crippen LogP contribution in [0.2, 0.25) is 0 Å². The average molecular weight is 406 g/mol. The number of hydrogen-bond donors (Lipinski definition) is 1. The fraction of sp³-hybridized carbons (Fsp3) is 0.231. The van der Waals surface area contributed by atoms with E-state index in [2.05, 4.69) is 72.9 Å². The molecule has 0 aliphatic heterocycles. The normalized spacial score (nSPS) is 11.8. The van der Waals surface area contributed by atoms with Crippen molar-refractivity contribution in [1.82, 2.24) is 5.32 Å². The van der Waals surface area contributed by atoms with E-state index in [0.29, 0.717) is 12.5 Å². The third-order valence-electron chi connectivity index (χ3n) is 4.77. The van der Waals surface area contributed by atoms with Crippen molar-refractivity contribution in [3.05, 3.63) is 102 Å². The van der Waals surface area contributed by atoms with Gasteiger partial charge in [0.15, 0.2) is 0 Å². The molecule has 2 nitrogen and oxygen atoms in total. The smallest absolute Gasteiger partial charge is 0.119 e. The molecule has 3 aromatic rings. The van der Waals surface area contributed by atoms with Crippen LogP contribution in [-0.2, 0) is 0 Å². The van der Waals surface area contributed by atoms with Crippen LogP contribution in [0.4, 0.5) is 0 Å². The molecular formula is C26H28ClNO. The van der Waals surface area contributed by atoms with Crippen LogP contribution >= 0.6 is 11.6 Å². The molecule has 29 heavy (non-hydrogen) atoms. The van der Waals surface area contributed by atoms with Crippen LogP contribution in [0, 0.1) is 0 Å². The van der Waals surface area contributed by atoms with Gasteiger partial charge < -0.3 is 10.1 Å². The van der Waals surface area contributed by atoms with Gasteiger partial charge in [-0.1, -0.05) is 79.7 Å². The molecule has 0 aliphatic rings. The summed E-state index contributed by atoms with van der Waals surface area (Å²) >= 11 is 6.21. The molecule has 0 saturated heterocycles. The van der Waals surface area contributed by atoms with E-state index in [1.54, 1.807) is 0 Å². The number of alkyl halides is 1. The summed E-state index contributed by atoms with van der Waals surface area (Å²) in [5.74, 6) is 1.46. The summed E-state index contributed by atoms with van der Waals surface area (Å²) in [6, 6.07) is 29.4. The highest BCUT2D eigenvalue weighted by Gasteiger charge is 2.14. The molecule has 0 heterocycles. The zero-order chi connectivity index (χ0) is 20.3. The van der Waals surface area contributed by atoms with Gasteiger partial charge >= 0.3 is 0 Å². The van der Waals surface area contributed by atoms with Gasteiger partial charge in [-0.25, -0.2) is 0 Å². The molecule has 1 N–H and O–H groups in total. The Bertz CT molecular complexity index is 889. The Balaban J connectivity index is 2.00. The summed E-state index contributed by atoms with van der Waals surface area (Å²) in [5.41, 5.74) is 6.04. The van der Waals surface area contributed by atoms with Gasteiger partial charge in [0.05, 0.1) is 0 Å². The first-order valence-electron chi connectivity index (χ1n) is 10.2. The summed E-state index contributed by atoms with van der Waals surface area (Å²) in [5, 5.41) is 3.27. The number of hydrogen-bond acceptors (Lipinski definition) is 2. The second-order valence-corrected chi connectivity index (χ2v) is 7.13. The summed E-state index contributed by atoms with van der Waals surface area (Å²) in [6.07, 6.45) is 0.802. The minimum Gasteiger partial charge on any atom is -0.492 e. The standard InChI is InChI=1S/C26H28ClNO/c1-2-28-19-20-29-24-15-13-23(14-16-24)26(22-11-7-4-8-12-22)25(17-18-27)21-9-5-3-6-10-21/h3-16,28H,2,17-20H2,1H3/b26-25+. The van der Waals surface area contributed by atoms with E-state index < -0.39 is 0 Å². The molecule has 0 fully saturated rings. The van der Waals surface area contributed by atoms with Gasteiger partial charge in [-0.3, -0.25) is 0 Å². The van der Waals surface area contributed by atoms with Gasteiger partial charge in [0, 0.05) is 12.4 Å². The van der Waals surface area contributed by atoms with Gasteiger partial charge in [-0.05, 0) is 52.9 Å².